The van der Waals surface area contributed by atoms with Crippen LogP contribution >= 0.6 is 0 Å². The van der Waals surface area contributed by atoms with E-state index < -0.39 is 0 Å². The Kier molecular flexibility index (Phi) is 5.29. The smallest absolute Gasteiger partial charge is 0.321 e. The molecule has 5 rings (SSSR count). The van der Waals surface area contributed by atoms with Crippen LogP contribution in [-0.2, 0) is 4.79 Å². The van der Waals surface area contributed by atoms with Gasteiger partial charge in [0.25, 0.3) is 5.91 Å². The molecular weight excluding hydrogens is 402 g/mol. The van der Waals surface area contributed by atoms with Crippen molar-refractivity contribution in [3.63, 3.8) is 0 Å². The number of carbonyl (C=O) groups excluding carboxylic acids is 2. The zero-order chi connectivity index (χ0) is 21.9. The summed E-state index contributed by atoms with van der Waals surface area (Å²) in [5.41, 5.74) is 3.99. The molecular formula is C25H23N5O2. The summed E-state index contributed by atoms with van der Waals surface area (Å²) in [6.45, 7) is 1.27. The Morgan fingerprint density at radius 2 is 1.59 bits per heavy atom. The van der Waals surface area contributed by atoms with E-state index >= 15 is 0 Å². The predicted molar refractivity (Wildman–Crippen MR) is 126 cm³/mol. The molecule has 0 aromatic heterocycles. The van der Waals surface area contributed by atoms with Crippen LogP contribution in [0.25, 0.3) is 0 Å². The van der Waals surface area contributed by atoms with Crippen LogP contribution in [0.4, 0.5) is 21.9 Å². The maximum atomic E-state index is 13.0. The summed E-state index contributed by atoms with van der Waals surface area (Å²) in [6, 6.07) is 27.1. The van der Waals surface area contributed by atoms with Crippen molar-refractivity contribution >= 4 is 34.7 Å². The van der Waals surface area contributed by atoms with E-state index in [4.69, 9.17) is 0 Å². The van der Waals surface area contributed by atoms with E-state index in [2.05, 4.69) is 27.9 Å². The number of hydrogen-bond acceptors (Lipinski definition) is 4. The van der Waals surface area contributed by atoms with Gasteiger partial charge in [-0.2, -0.15) is 5.10 Å². The Labute approximate surface area is 186 Å². The minimum Gasteiger partial charge on any atom is -0.336 e. The van der Waals surface area contributed by atoms with Crippen LogP contribution in [-0.4, -0.2) is 30.7 Å². The van der Waals surface area contributed by atoms with Crippen molar-refractivity contribution in [3.05, 3.63) is 90.5 Å². The van der Waals surface area contributed by atoms with Crippen molar-refractivity contribution in [2.75, 3.05) is 28.3 Å². The second-order valence-corrected chi connectivity index (χ2v) is 7.74. The number of amides is 3. The molecule has 32 heavy (non-hydrogen) atoms. The fourth-order valence-corrected chi connectivity index (χ4v) is 4.05. The fraction of sp³-hybridized carbons (Fsp3) is 0.160. The van der Waals surface area contributed by atoms with Gasteiger partial charge < -0.3 is 10.6 Å². The highest BCUT2D eigenvalue weighted by molar-refractivity contribution is 6.43. The van der Waals surface area contributed by atoms with Crippen LogP contribution in [0.1, 0.15) is 18.0 Å². The van der Waals surface area contributed by atoms with Crippen LogP contribution in [0.5, 0.6) is 0 Å². The number of carbonyl (C=O) groups is 2. The summed E-state index contributed by atoms with van der Waals surface area (Å²) in [5.74, 6) is -0.226. The Morgan fingerprint density at radius 1 is 0.906 bits per heavy atom. The first kappa shape index (κ1) is 19.8. The molecule has 0 spiro atoms. The van der Waals surface area contributed by atoms with Crippen molar-refractivity contribution in [3.8, 4) is 0 Å². The number of para-hydroxylation sites is 1. The minimum absolute atomic E-state index is 0.0459. The number of hydrazone groups is 1. The molecule has 0 saturated carbocycles. The average Bonchev–Trinajstić information content (AvgIpc) is 3.48. The zero-order valence-corrected chi connectivity index (χ0v) is 17.4. The van der Waals surface area contributed by atoms with Crippen molar-refractivity contribution in [1.29, 1.82) is 0 Å². The van der Waals surface area contributed by atoms with Crippen molar-refractivity contribution in [1.82, 2.24) is 5.32 Å². The molecule has 2 heterocycles. The summed E-state index contributed by atoms with van der Waals surface area (Å²) < 4.78 is 0. The number of anilines is 3. The van der Waals surface area contributed by atoms with Gasteiger partial charge >= 0.3 is 6.03 Å². The molecule has 2 aliphatic heterocycles. The molecule has 160 valence electrons. The summed E-state index contributed by atoms with van der Waals surface area (Å²) in [4.78, 5) is 26.5. The Bertz CT molecular complexity index is 1150. The molecule has 0 aliphatic carbocycles. The van der Waals surface area contributed by atoms with E-state index in [0.717, 1.165) is 16.9 Å². The molecule has 1 fully saturated rings. The molecule has 2 N–H and O–H groups in total. The van der Waals surface area contributed by atoms with E-state index in [1.165, 1.54) is 0 Å². The molecule has 0 bridgehead atoms. The van der Waals surface area contributed by atoms with Gasteiger partial charge in [0, 0.05) is 30.9 Å². The molecule has 3 aromatic rings. The van der Waals surface area contributed by atoms with Gasteiger partial charge in [0.1, 0.15) is 5.71 Å². The Balaban J connectivity index is 1.34. The van der Waals surface area contributed by atoms with Crippen LogP contribution < -0.4 is 20.5 Å². The molecule has 7 nitrogen and oxygen atoms in total. The largest absolute Gasteiger partial charge is 0.336 e. The van der Waals surface area contributed by atoms with Gasteiger partial charge in [-0.05, 0) is 42.0 Å². The van der Waals surface area contributed by atoms with Crippen LogP contribution in [0.3, 0.4) is 0 Å². The van der Waals surface area contributed by atoms with Crippen molar-refractivity contribution < 1.29 is 9.59 Å². The van der Waals surface area contributed by atoms with Gasteiger partial charge in [0.2, 0.25) is 0 Å². The number of nitrogens with one attached hydrogen (secondary N) is 2. The highest BCUT2D eigenvalue weighted by Gasteiger charge is 2.32. The van der Waals surface area contributed by atoms with Gasteiger partial charge in [-0.15, -0.1) is 0 Å². The lowest BCUT2D eigenvalue weighted by Crippen LogP contribution is -2.27. The van der Waals surface area contributed by atoms with Crippen LogP contribution in [0, 0.1) is 0 Å². The lowest BCUT2D eigenvalue weighted by molar-refractivity contribution is -0.110. The molecule has 7 heteroatoms. The van der Waals surface area contributed by atoms with E-state index in [-0.39, 0.29) is 18.0 Å². The maximum absolute atomic E-state index is 13.0. The zero-order valence-electron chi connectivity index (χ0n) is 17.4. The quantitative estimate of drug-likeness (QED) is 0.644. The van der Waals surface area contributed by atoms with E-state index in [0.29, 0.717) is 30.9 Å². The molecule has 1 atom stereocenters. The van der Waals surface area contributed by atoms with Crippen molar-refractivity contribution in [2.45, 2.75) is 12.5 Å². The first-order valence-electron chi connectivity index (χ1n) is 10.6. The third-order valence-electron chi connectivity index (χ3n) is 5.67. The molecule has 0 radical (unpaired) electrons. The third kappa shape index (κ3) is 3.92. The van der Waals surface area contributed by atoms with E-state index in [9.17, 15) is 9.59 Å². The molecule has 2 aliphatic rings. The monoisotopic (exact) mass is 425 g/mol. The van der Waals surface area contributed by atoms with E-state index in [1.807, 2.05) is 65.7 Å². The van der Waals surface area contributed by atoms with Crippen LogP contribution in [0.15, 0.2) is 90.0 Å². The third-order valence-corrected chi connectivity index (χ3v) is 5.67. The first-order chi connectivity index (χ1) is 15.7. The predicted octanol–water partition coefficient (Wildman–Crippen LogP) is 4.16. The standard InChI is InChI=1S/C25H23N5O2/c31-24(27-19-11-13-20(14-12-19)29-16-15-26-25(29)32)22-17-23(18-7-3-1-4-8-18)30(28-22)21-9-5-2-6-10-21/h1-14,23H,15-17H2,(H,26,32)(H,27,31). The van der Waals surface area contributed by atoms with Crippen molar-refractivity contribution in [2.24, 2.45) is 5.10 Å². The second kappa shape index (κ2) is 8.55. The molecule has 3 aromatic carbocycles. The van der Waals surface area contributed by atoms with Gasteiger partial charge in [-0.3, -0.25) is 14.7 Å². The normalized spacial score (nSPS) is 17.8. The summed E-state index contributed by atoms with van der Waals surface area (Å²) in [5, 5.41) is 12.3. The molecule has 1 saturated heterocycles. The number of urea groups is 1. The maximum Gasteiger partial charge on any atom is 0.321 e. The highest BCUT2D eigenvalue weighted by Crippen LogP contribution is 2.35. The van der Waals surface area contributed by atoms with E-state index in [1.54, 1.807) is 17.0 Å². The lowest BCUT2D eigenvalue weighted by Gasteiger charge is -2.23. The number of rotatable bonds is 5. The van der Waals surface area contributed by atoms with Gasteiger partial charge in [0.15, 0.2) is 0 Å². The van der Waals surface area contributed by atoms with Gasteiger partial charge in [0.05, 0.1) is 11.7 Å². The van der Waals surface area contributed by atoms with Gasteiger partial charge in [-0.1, -0.05) is 48.5 Å². The minimum atomic E-state index is -0.226. The Morgan fingerprint density at radius 3 is 2.25 bits per heavy atom. The average molecular weight is 425 g/mol. The SMILES string of the molecule is O=C(Nc1ccc(N2CCNC2=O)cc1)C1=NN(c2ccccc2)C(c2ccccc2)C1. The molecule has 1 unspecified atom stereocenters. The lowest BCUT2D eigenvalue weighted by atomic mass is 10.0. The number of nitrogens with zero attached hydrogens (tertiary/aromatic N) is 3. The van der Waals surface area contributed by atoms with Crippen LogP contribution in [0.2, 0.25) is 0 Å². The van der Waals surface area contributed by atoms with Gasteiger partial charge in [-0.25, -0.2) is 4.79 Å². The fourth-order valence-electron chi connectivity index (χ4n) is 4.05. The summed E-state index contributed by atoms with van der Waals surface area (Å²) in [7, 11) is 0. The Hall–Kier alpha value is -4.13. The topological polar surface area (TPSA) is 77.0 Å². The molecule has 3 amide bonds. The summed E-state index contributed by atoms with van der Waals surface area (Å²) in [6.07, 6.45) is 0.511. The number of hydrogen-bond donors (Lipinski definition) is 2. The highest BCUT2D eigenvalue weighted by atomic mass is 16.2. The summed E-state index contributed by atoms with van der Waals surface area (Å²) >= 11 is 0. The number of benzene rings is 3. The first-order valence-corrected chi connectivity index (χ1v) is 10.6. The second-order valence-electron chi connectivity index (χ2n) is 7.74.